The summed E-state index contributed by atoms with van der Waals surface area (Å²) in [6.07, 6.45) is 8.29. The average molecular weight is 236 g/mol. The molecule has 0 atom stereocenters. The number of nitrogens with zero attached hydrogens (tertiary/aromatic N) is 3. The molecule has 1 aliphatic rings. The second-order valence-corrected chi connectivity index (χ2v) is 5.07. The predicted molar refractivity (Wildman–Crippen MR) is 69.0 cm³/mol. The Morgan fingerprint density at radius 2 is 1.88 bits per heavy atom. The van der Waals surface area contributed by atoms with E-state index in [9.17, 15) is 0 Å². The molecule has 1 aliphatic carbocycles. The first-order valence-corrected chi connectivity index (χ1v) is 6.87. The van der Waals surface area contributed by atoms with E-state index >= 15 is 0 Å². The van der Waals surface area contributed by atoms with Gasteiger partial charge in [-0.2, -0.15) is 5.10 Å². The van der Waals surface area contributed by atoms with Gasteiger partial charge in [-0.05, 0) is 26.7 Å². The third-order valence-corrected chi connectivity index (χ3v) is 3.57. The Kier molecular flexibility index (Phi) is 4.54. The van der Waals surface area contributed by atoms with Crippen LogP contribution in [0.25, 0.3) is 0 Å². The quantitative estimate of drug-likeness (QED) is 0.815. The minimum Gasteiger partial charge on any atom is -0.312 e. The first-order valence-electron chi connectivity index (χ1n) is 6.87. The minimum absolute atomic E-state index is 0.724. The Balaban J connectivity index is 1.73. The minimum atomic E-state index is 0.724. The summed E-state index contributed by atoms with van der Waals surface area (Å²) >= 11 is 0. The molecule has 0 saturated heterocycles. The highest BCUT2D eigenvalue weighted by Crippen LogP contribution is 2.16. The van der Waals surface area contributed by atoms with E-state index in [0.29, 0.717) is 0 Å². The lowest BCUT2D eigenvalue weighted by Gasteiger charge is -2.16. The largest absolute Gasteiger partial charge is 0.312 e. The topological polar surface area (TPSA) is 42.7 Å². The van der Waals surface area contributed by atoms with E-state index in [4.69, 9.17) is 0 Å². The van der Waals surface area contributed by atoms with Gasteiger partial charge in [0.25, 0.3) is 0 Å². The highest BCUT2D eigenvalue weighted by molar-refractivity contribution is 4.87. The molecule has 4 heteroatoms. The Bertz CT molecular complexity index is 337. The number of aromatic nitrogens is 3. The van der Waals surface area contributed by atoms with E-state index < -0.39 is 0 Å². The fraction of sp³-hybridized carbons (Fsp3) is 0.846. The lowest BCUT2D eigenvalue weighted by atomic mass is 10.1. The molecule has 0 aliphatic heterocycles. The highest BCUT2D eigenvalue weighted by atomic mass is 15.3. The van der Waals surface area contributed by atoms with Crippen LogP contribution in [0.5, 0.6) is 0 Å². The molecule has 1 fully saturated rings. The van der Waals surface area contributed by atoms with Crippen molar-refractivity contribution in [2.45, 2.75) is 65.0 Å². The molecule has 1 N–H and O–H groups in total. The smallest absolute Gasteiger partial charge is 0.147 e. The second-order valence-electron chi connectivity index (χ2n) is 5.07. The zero-order valence-corrected chi connectivity index (χ0v) is 11.1. The fourth-order valence-electron chi connectivity index (χ4n) is 2.63. The molecule has 96 valence electrons. The van der Waals surface area contributed by atoms with Gasteiger partial charge in [0.1, 0.15) is 11.6 Å². The monoisotopic (exact) mass is 236 g/mol. The van der Waals surface area contributed by atoms with Gasteiger partial charge in [-0.3, -0.25) is 0 Å². The van der Waals surface area contributed by atoms with Crippen molar-refractivity contribution in [3.8, 4) is 0 Å². The normalized spacial score (nSPS) is 18.2. The number of aryl methyl sites for hydroxylation is 2. The van der Waals surface area contributed by atoms with Crippen LogP contribution >= 0.6 is 0 Å². The molecular weight excluding hydrogens is 212 g/mol. The molecule has 0 spiro atoms. The summed E-state index contributed by atoms with van der Waals surface area (Å²) in [5.74, 6) is 1.89. The van der Waals surface area contributed by atoms with Crippen molar-refractivity contribution in [3.63, 3.8) is 0 Å². The molecule has 1 aromatic rings. The Morgan fingerprint density at radius 1 is 1.18 bits per heavy atom. The summed E-state index contributed by atoms with van der Waals surface area (Å²) in [5.41, 5.74) is 0. The standard InChI is InChI=1S/C13H24N4/c1-11-15-12(2)17(16-11)10-9-14-13-7-5-3-4-6-8-13/h13-14H,3-10H2,1-2H3. The van der Waals surface area contributed by atoms with Crippen LogP contribution in [0, 0.1) is 13.8 Å². The molecule has 0 radical (unpaired) electrons. The summed E-state index contributed by atoms with van der Waals surface area (Å²) < 4.78 is 2.00. The van der Waals surface area contributed by atoms with Crippen LogP contribution in [0.4, 0.5) is 0 Å². The lowest BCUT2D eigenvalue weighted by Crippen LogP contribution is -2.31. The maximum atomic E-state index is 4.38. The molecule has 2 rings (SSSR count). The first-order chi connectivity index (χ1) is 8.25. The third-order valence-electron chi connectivity index (χ3n) is 3.57. The van der Waals surface area contributed by atoms with Gasteiger partial charge < -0.3 is 5.32 Å². The van der Waals surface area contributed by atoms with Crippen molar-refractivity contribution in [1.82, 2.24) is 20.1 Å². The maximum absolute atomic E-state index is 4.38. The summed E-state index contributed by atoms with van der Waals surface area (Å²) in [6, 6.07) is 0.724. The summed E-state index contributed by atoms with van der Waals surface area (Å²) in [7, 11) is 0. The van der Waals surface area contributed by atoms with E-state index in [-0.39, 0.29) is 0 Å². The molecule has 1 saturated carbocycles. The molecule has 0 bridgehead atoms. The lowest BCUT2D eigenvalue weighted by molar-refractivity contribution is 0.433. The van der Waals surface area contributed by atoms with Crippen molar-refractivity contribution in [1.29, 1.82) is 0 Å². The van der Waals surface area contributed by atoms with Crippen LogP contribution in [0.3, 0.4) is 0 Å². The first kappa shape index (κ1) is 12.6. The summed E-state index contributed by atoms with van der Waals surface area (Å²) in [5, 5.41) is 8.03. The van der Waals surface area contributed by atoms with Crippen LogP contribution in [-0.4, -0.2) is 27.4 Å². The van der Waals surface area contributed by atoms with Crippen molar-refractivity contribution >= 4 is 0 Å². The van der Waals surface area contributed by atoms with E-state index in [1.165, 1.54) is 38.5 Å². The Labute approximate surface area is 104 Å². The predicted octanol–water partition coefficient (Wildman–Crippen LogP) is 2.21. The SMILES string of the molecule is Cc1nc(C)n(CCNC2CCCCCC2)n1. The van der Waals surface area contributed by atoms with E-state index in [1.807, 2.05) is 18.5 Å². The molecule has 1 heterocycles. The average Bonchev–Trinajstić information content (AvgIpc) is 2.54. The van der Waals surface area contributed by atoms with Gasteiger partial charge in [-0.25, -0.2) is 9.67 Å². The number of rotatable bonds is 4. The molecule has 17 heavy (non-hydrogen) atoms. The second kappa shape index (κ2) is 6.15. The zero-order valence-electron chi connectivity index (χ0n) is 11.1. The van der Waals surface area contributed by atoms with Crippen LogP contribution in [0.2, 0.25) is 0 Å². The van der Waals surface area contributed by atoms with Crippen LogP contribution in [-0.2, 0) is 6.54 Å². The van der Waals surface area contributed by atoms with E-state index in [2.05, 4.69) is 15.4 Å². The molecule has 0 aromatic carbocycles. The number of nitrogens with one attached hydrogen (secondary N) is 1. The molecule has 4 nitrogen and oxygen atoms in total. The van der Waals surface area contributed by atoms with E-state index in [0.717, 1.165) is 30.8 Å². The van der Waals surface area contributed by atoms with Crippen molar-refractivity contribution in [2.75, 3.05) is 6.54 Å². The van der Waals surface area contributed by atoms with Gasteiger partial charge in [0.15, 0.2) is 0 Å². The van der Waals surface area contributed by atoms with Crippen molar-refractivity contribution < 1.29 is 0 Å². The number of hydrogen-bond donors (Lipinski definition) is 1. The summed E-state index contributed by atoms with van der Waals surface area (Å²) in [4.78, 5) is 4.32. The van der Waals surface area contributed by atoms with Gasteiger partial charge in [0, 0.05) is 12.6 Å². The van der Waals surface area contributed by atoms with Crippen LogP contribution in [0.15, 0.2) is 0 Å². The van der Waals surface area contributed by atoms with Gasteiger partial charge in [0.05, 0.1) is 6.54 Å². The van der Waals surface area contributed by atoms with Gasteiger partial charge in [0.2, 0.25) is 0 Å². The highest BCUT2D eigenvalue weighted by Gasteiger charge is 2.11. The van der Waals surface area contributed by atoms with Crippen LogP contribution < -0.4 is 5.32 Å². The van der Waals surface area contributed by atoms with E-state index in [1.54, 1.807) is 0 Å². The Hall–Kier alpha value is -0.900. The number of hydrogen-bond acceptors (Lipinski definition) is 3. The summed E-state index contributed by atoms with van der Waals surface area (Å²) in [6.45, 7) is 5.91. The molecular formula is C13H24N4. The molecule has 1 aromatic heterocycles. The maximum Gasteiger partial charge on any atom is 0.147 e. The van der Waals surface area contributed by atoms with Gasteiger partial charge in [-0.15, -0.1) is 0 Å². The Morgan fingerprint density at radius 3 is 2.47 bits per heavy atom. The molecule has 0 unspecified atom stereocenters. The zero-order chi connectivity index (χ0) is 12.1. The van der Waals surface area contributed by atoms with Gasteiger partial charge >= 0.3 is 0 Å². The van der Waals surface area contributed by atoms with Crippen molar-refractivity contribution in [3.05, 3.63) is 11.6 Å². The third kappa shape index (κ3) is 3.80. The fourth-order valence-corrected chi connectivity index (χ4v) is 2.63. The van der Waals surface area contributed by atoms with Crippen LogP contribution in [0.1, 0.15) is 50.2 Å². The van der Waals surface area contributed by atoms with Gasteiger partial charge in [-0.1, -0.05) is 25.7 Å². The molecule has 0 amide bonds. The van der Waals surface area contributed by atoms with Crippen molar-refractivity contribution in [2.24, 2.45) is 0 Å².